The Bertz CT molecular complexity index is 470. The molecule has 14 heavy (non-hydrogen) atoms. The Morgan fingerprint density at radius 2 is 2.14 bits per heavy atom. The van der Waals surface area contributed by atoms with Crippen LogP contribution in [0.1, 0.15) is 5.56 Å². The highest BCUT2D eigenvalue weighted by Gasteiger charge is 2.07. The van der Waals surface area contributed by atoms with Crippen LogP contribution in [-0.2, 0) is 0 Å². The topological polar surface area (TPSA) is 38.9 Å². The molecule has 0 N–H and O–H groups in total. The van der Waals surface area contributed by atoms with Gasteiger partial charge in [-0.25, -0.2) is 4.39 Å². The van der Waals surface area contributed by atoms with E-state index >= 15 is 0 Å². The second kappa shape index (κ2) is 3.64. The summed E-state index contributed by atoms with van der Waals surface area (Å²) in [7, 11) is 0. The molecule has 0 bridgehead atoms. The van der Waals surface area contributed by atoms with Gasteiger partial charge in [0.15, 0.2) is 0 Å². The smallest absolute Gasteiger partial charge is 0.278 e. The van der Waals surface area contributed by atoms with Gasteiger partial charge in [0.25, 0.3) is 3.90 Å². The van der Waals surface area contributed by atoms with E-state index in [0.717, 1.165) is 5.56 Å². The van der Waals surface area contributed by atoms with Crippen molar-refractivity contribution in [2.24, 2.45) is 0 Å². The molecule has 0 atom stereocenters. The summed E-state index contributed by atoms with van der Waals surface area (Å²) in [5.74, 6) is 0.181. The van der Waals surface area contributed by atoms with Gasteiger partial charge in [-0.15, -0.1) is 10.2 Å². The molecule has 2 aromatic rings. The molecule has 0 radical (unpaired) electrons. The van der Waals surface area contributed by atoms with Crippen molar-refractivity contribution in [1.29, 1.82) is 0 Å². The van der Waals surface area contributed by atoms with E-state index in [1.807, 2.05) is 22.6 Å². The molecule has 2 rings (SSSR count). The summed E-state index contributed by atoms with van der Waals surface area (Å²) in [6.45, 7) is 1.69. The summed E-state index contributed by atoms with van der Waals surface area (Å²) in [5, 5.41) is 7.53. The lowest BCUT2D eigenvalue weighted by atomic mass is 10.1. The van der Waals surface area contributed by atoms with Crippen LogP contribution in [0, 0.1) is 16.6 Å². The van der Waals surface area contributed by atoms with Gasteiger partial charge in [-0.2, -0.15) is 0 Å². The maximum absolute atomic E-state index is 13.0. The molecule has 0 fully saturated rings. The zero-order valence-electron chi connectivity index (χ0n) is 7.29. The first-order chi connectivity index (χ1) is 6.66. The van der Waals surface area contributed by atoms with Crippen LogP contribution in [0.15, 0.2) is 22.6 Å². The van der Waals surface area contributed by atoms with Crippen LogP contribution in [0.2, 0.25) is 0 Å². The van der Waals surface area contributed by atoms with E-state index in [1.54, 1.807) is 19.1 Å². The van der Waals surface area contributed by atoms with Crippen molar-refractivity contribution < 1.29 is 8.81 Å². The minimum Gasteiger partial charge on any atom is -0.412 e. The highest BCUT2D eigenvalue weighted by molar-refractivity contribution is 14.1. The predicted octanol–water partition coefficient (Wildman–Crippen LogP) is 2.79. The number of nitrogens with zero attached hydrogens (tertiary/aromatic N) is 2. The number of aryl methyl sites for hydroxylation is 1. The average molecular weight is 304 g/mol. The van der Waals surface area contributed by atoms with Gasteiger partial charge in [0.2, 0.25) is 5.89 Å². The molecule has 0 unspecified atom stereocenters. The molecule has 0 aliphatic heterocycles. The van der Waals surface area contributed by atoms with Gasteiger partial charge in [-0.05, 0) is 30.7 Å². The molecule has 0 saturated heterocycles. The van der Waals surface area contributed by atoms with Crippen LogP contribution in [0.25, 0.3) is 11.5 Å². The number of benzene rings is 1. The number of aromatic nitrogens is 2. The zero-order valence-corrected chi connectivity index (χ0v) is 9.45. The third-order valence-electron chi connectivity index (χ3n) is 1.81. The number of hydrogen-bond acceptors (Lipinski definition) is 3. The second-order valence-corrected chi connectivity index (χ2v) is 3.75. The molecule has 1 aromatic carbocycles. The van der Waals surface area contributed by atoms with E-state index in [0.29, 0.717) is 15.4 Å². The highest BCUT2D eigenvalue weighted by atomic mass is 127. The van der Waals surface area contributed by atoms with E-state index in [9.17, 15) is 4.39 Å². The van der Waals surface area contributed by atoms with Crippen molar-refractivity contribution in [2.45, 2.75) is 6.92 Å². The maximum Gasteiger partial charge on any atom is 0.278 e. The minimum atomic E-state index is -0.233. The summed E-state index contributed by atoms with van der Waals surface area (Å²) in [6.07, 6.45) is 0. The van der Waals surface area contributed by atoms with Crippen LogP contribution in [0.5, 0.6) is 0 Å². The monoisotopic (exact) mass is 304 g/mol. The Hall–Kier alpha value is -0.980. The molecule has 3 nitrogen and oxygen atoms in total. The molecule has 72 valence electrons. The summed E-state index contributed by atoms with van der Waals surface area (Å²) in [4.78, 5) is 0. The van der Waals surface area contributed by atoms with E-state index in [1.165, 1.54) is 6.07 Å². The fourth-order valence-electron chi connectivity index (χ4n) is 1.10. The quantitative estimate of drug-likeness (QED) is 0.761. The van der Waals surface area contributed by atoms with Crippen LogP contribution < -0.4 is 0 Å². The number of rotatable bonds is 1. The van der Waals surface area contributed by atoms with E-state index in [2.05, 4.69) is 10.2 Å². The normalized spacial score (nSPS) is 10.5. The van der Waals surface area contributed by atoms with Crippen LogP contribution >= 0.6 is 22.6 Å². The van der Waals surface area contributed by atoms with E-state index in [4.69, 9.17) is 4.42 Å². The molecular formula is C9H6FIN2O. The fourth-order valence-corrected chi connectivity index (χ4v) is 1.42. The average Bonchev–Trinajstić information content (AvgIpc) is 2.57. The van der Waals surface area contributed by atoms with Gasteiger partial charge in [0.05, 0.1) is 0 Å². The first-order valence-corrected chi connectivity index (χ1v) is 5.00. The van der Waals surface area contributed by atoms with E-state index in [-0.39, 0.29) is 5.82 Å². The van der Waals surface area contributed by atoms with Gasteiger partial charge in [0.1, 0.15) is 5.82 Å². The Morgan fingerprint density at radius 1 is 1.36 bits per heavy atom. The van der Waals surface area contributed by atoms with Crippen LogP contribution in [0.3, 0.4) is 0 Å². The molecule has 5 heteroatoms. The van der Waals surface area contributed by atoms with Gasteiger partial charge in [0, 0.05) is 28.2 Å². The summed E-state index contributed by atoms with van der Waals surface area (Å²) < 4.78 is 18.6. The van der Waals surface area contributed by atoms with Crippen LogP contribution in [0.4, 0.5) is 4.39 Å². The summed E-state index contributed by atoms with van der Waals surface area (Å²) in [5.41, 5.74) is 1.30. The third kappa shape index (κ3) is 1.77. The lowest BCUT2D eigenvalue weighted by Crippen LogP contribution is -1.84. The minimum absolute atomic E-state index is 0.233. The SMILES string of the molecule is Cc1cc(-c2nnc(I)o2)ccc1F. The Balaban J connectivity index is 2.47. The molecule has 1 aromatic heterocycles. The van der Waals surface area contributed by atoms with Gasteiger partial charge >= 0.3 is 0 Å². The molecule has 0 amide bonds. The Labute approximate surface area is 93.5 Å². The second-order valence-electron chi connectivity index (χ2n) is 2.82. The predicted molar refractivity (Wildman–Crippen MR) is 57.1 cm³/mol. The highest BCUT2D eigenvalue weighted by Crippen LogP contribution is 2.20. The largest absolute Gasteiger partial charge is 0.412 e. The lowest BCUT2D eigenvalue weighted by molar-refractivity contribution is 0.536. The lowest BCUT2D eigenvalue weighted by Gasteiger charge is -1.97. The van der Waals surface area contributed by atoms with Crippen molar-refractivity contribution >= 4 is 22.6 Å². The number of hydrogen-bond donors (Lipinski definition) is 0. The summed E-state index contributed by atoms with van der Waals surface area (Å²) >= 11 is 1.93. The van der Waals surface area contributed by atoms with Crippen molar-refractivity contribution in [1.82, 2.24) is 10.2 Å². The Morgan fingerprint density at radius 3 is 2.71 bits per heavy atom. The molecule has 0 aliphatic carbocycles. The molecule has 0 aliphatic rings. The van der Waals surface area contributed by atoms with Gasteiger partial charge in [-0.1, -0.05) is 0 Å². The van der Waals surface area contributed by atoms with Gasteiger partial charge in [-0.3, -0.25) is 0 Å². The van der Waals surface area contributed by atoms with Crippen LogP contribution in [-0.4, -0.2) is 10.2 Å². The molecule has 0 spiro atoms. The van der Waals surface area contributed by atoms with Gasteiger partial charge < -0.3 is 4.42 Å². The fraction of sp³-hybridized carbons (Fsp3) is 0.111. The first-order valence-electron chi connectivity index (χ1n) is 3.92. The van der Waals surface area contributed by atoms with Crippen molar-refractivity contribution in [3.05, 3.63) is 33.5 Å². The standard InChI is InChI=1S/C9H6FIN2O/c1-5-4-6(2-3-7(5)10)8-12-13-9(11)14-8/h2-4H,1H3. The molecular weight excluding hydrogens is 298 g/mol. The van der Waals surface area contributed by atoms with Crippen molar-refractivity contribution in [2.75, 3.05) is 0 Å². The van der Waals surface area contributed by atoms with Crippen molar-refractivity contribution in [3.63, 3.8) is 0 Å². The molecule has 1 heterocycles. The third-order valence-corrected chi connectivity index (χ3v) is 2.24. The first kappa shape index (κ1) is 9.57. The Kier molecular flexibility index (Phi) is 2.49. The number of halogens is 2. The zero-order chi connectivity index (χ0) is 10.1. The van der Waals surface area contributed by atoms with Crippen molar-refractivity contribution in [3.8, 4) is 11.5 Å². The van der Waals surface area contributed by atoms with E-state index < -0.39 is 0 Å². The maximum atomic E-state index is 13.0. The summed E-state index contributed by atoms with van der Waals surface area (Å²) in [6, 6.07) is 4.69. The molecule has 0 saturated carbocycles.